The molecule has 0 amide bonds. The topological polar surface area (TPSA) is 3.24 Å². The highest BCUT2D eigenvalue weighted by Crippen LogP contribution is 2.26. The van der Waals surface area contributed by atoms with Crippen molar-refractivity contribution in [1.29, 1.82) is 0 Å². The van der Waals surface area contributed by atoms with Crippen LogP contribution >= 0.6 is 0 Å². The largest absolute Gasteiger partial charge is 0.367 e. The van der Waals surface area contributed by atoms with Gasteiger partial charge in [0.05, 0.1) is 0 Å². The maximum absolute atomic E-state index is 2.46. The van der Waals surface area contributed by atoms with Crippen molar-refractivity contribution < 1.29 is 0 Å². The number of nitrogens with zero attached hydrogens (tertiary/aromatic N) is 1. The number of anilines is 1. The van der Waals surface area contributed by atoms with Gasteiger partial charge in [0.2, 0.25) is 0 Å². The first kappa shape index (κ1) is 10.3. The molecule has 0 spiro atoms. The van der Waals surface area contributed by atoms with E-state index in [-0.39, 0.29) is 0 Å². The molecule has 1 aliphatic rings. The van der Waals surface area contributed by atoms with Gasteiger partial charge in [0, 0.05) is 18.8 Å². The minimum absolute atomic E-state index is 1.07. The lowest BCUT2D eigenvalue weighted by Gasteiger charge is -2.16. The van der Waals surface area contributed by atoms with Crippen LogP contribution in [0.1, 0.15) is 25.3 Å². The number of benzene rings is 1. The van der Waals surface area contributed by atoms with E-state index in [0.717, 1.165) is 6.54 Å². The summed E-state index contributed by atoms with van der Waals surface area (Å²) in [5.41, 5.74) is 2.93. The summed E-state index contributed by atoms with van der Waals surface area (Å²) in [5, 5.41) is 0. The molecule has 1 aromatic carbocycles. The second kappa shape index (κ2) is 5.01. The Kier molecular flexibility index (Phi) is 3.44. The van der Waals surface area contributed by atoms with Gasteiger partial charge in [-0.3, -0.25) is 0 Å². The lowest BCUT2D eigenvalue weighted by Crippen LogP contribution is -2.19. The number of para-hydroxylation sites is 1. The highest BCUT2D eigenvalue weighted by Gasteiger charge is 2.16. The molecule has 1 nitrogen and oxygen atoms in total. The summed E-state index contributed by atoms with van der Waals surface area (Å²) in [6, 6.07) is 8.74. The lowest BCUT2D eigenvalue weighted by atomic mass is 10.2. The van der Waals surface area contributed by atoms with E-state index in [1.54, 1.807) is 0 Å². The lowest BCUT2D eigenvalue weighted by molar-refractivity contribution is 0.894. The van der Waals surface area contributed by atoms with Crippen molar-refractivity contribution in [2.75, 3.05) is 18.0 Å². The molecule has 80 valence electrons. The van der Waals surface area contributed by atoms with E-state index in [9.17, 15) is 0 Å². The molecule has 0 radical (unpaired) electrons. The average Bonchev–Trinajstić information content (AvgIpc) is 2.68. The van der Waals surface area contributed by atoms with E-state index < -0.39 is 0 Å². The van der Waals surface area contributed by atoms with Gasteiger partial charge in [0.25, 0.3) is 0 Å². The predicted octanol–water partition coefficient (Wildman–Crippen LogP) is 3.41. The quantitative estimate of drug-likeness (QED) is 0.675. The van der Waals surface area contributed by atoms with Crippen molar-refractivity contribution in [2.45, 2.75) is 26.2 Å². The van der Waals surface area contributed by atoms with Crippen molar-refractivity contribution in [3.8, 4) is 0 Å². The molecule has 1 aliphatic heterocycles. The van der Waals surface area contributed by atoms with Crippen LogP contribution in [0.4, 0.5) is 5.69 Å². The zero-order chi connectivity index (χ0) is 10.5. The second-order valence-electron chi connectivity index (χ2n) is 4.08. The van der Waals surface area contributed by atoms with Gasteiger partial charge < -0.3 is 4.90 Å². The van der Waals surface area contributed by atoms with E-state index in [4.69, 9.17) is 0 Å². The Morgan fingerprint density at radius 2 is 2.13 bits per heavy atom. The molecular formula is C14H19N. The summed E-state index contributed by atoms with van der Waals surface area (Å²) in [6.45, 7) is 4.46. The highest BCUT2D eigenvalue weighted by atomic mass is 15.1. The molecular weight excluding hydrogens is 182 g/mol. The molecule has 1 heterocycles. The van der Waals surface area contributed by atoms with Gasteiger partial charge >= 0.3 is 0 Å². The van der Waals surface area contributed by atoms with Crippen molar-refractivity contribution in [3.05, 3.63) is 42.0 Å². The number of hydrogen-bond acceptors (Lipinski definition) is 1. The van der Waals surface area contributed by atoms with Crippen LogP contribution in [0.15, 0.2) is 36.4 Å². The molecule has 0 unspecified atom stereocenters. The summed E-state index contributed by atoms with van der Waals surface area (Å²) in [4.78, 5) is 2.46. The maximum atomic E-state index is 2.46. The van der Waals surface area contributed by atoms with E-state index in [0.29, 0.717) is 0 Å². The number of allylic oxidation sites excluding steroid dienone is 1. The van der Waals surface area contributed by atoms with E-state index >= 15 is 0 Å². The molecule has 1 aromatic rings. The predicted molar refractivity (Wildman–Crippen MR) is 66.4 cm³/mol. The monoisotopic (exact) mass is 201 g/mol. The second-order valence-corrected chi connectivity index (χ2v) is 4.08. The van der Waals surface area contributed by atoms with Crippen LogP contribution in [0.2, 0.25) is 0 Å². The van der Waals surface area contributed by atoms with E-state index in [2.05, 4.69) is 48.2 Å². The molecule has 0 fully saturated rings. The fraction of sp³-hybridized carbons (Fsp3) is 0.429. The number of unbranched alkanes of at least 4 members (excludes halogenated alkanes) is 1. The van der Waals surface area contributed by atoms with Gasteiger partial charge in [-0.25, -0.2) is 0 Å². The maximum Gasteiger partial charge on any atom is 0.0402 e. The zero-order valence-electron chi connectivity index (χ0n) is 9.45. The Bertz CT molecular complexity index is 341. The summed E-state index contributed by atoms with van der Waals surface area (Å²) in [7, 11) is 0. The van der Waals surface area contributed by atoms with Crippen molar-refractivity contribution in [1.82, 2.24) is 0 Å². The number of rotatable bonds is 4. The van der Waals surface area contributed by atoms with Gasteiger partial charge in [-0.05, 0) is 24.5 Å². The first-order chi connectivity index (χ1) is 7.42. The first-order valence-corrected chi connectivity index (χ1v) is 5.89. The highest BCUT2D eigenvalue weighted by molar-refractivity contribution is 5.58. The van der Waals surface area contributed by atoms with Crippen LogP contribution < -0.4 is 4.90 Å². The Hall–Kier alpha value is -1.24. The number of fused-ring (bicyclic) bond motifs is 1. The van der Waals surface area contributed by atoms with Crippen LogP contribution in [0.5, 0.6) is 0 Å². The Morgan fingerprint density at radius 3 is 3.00 bits per heavy atom. The normalized spacial score (nSPS) is 14.9. The minimum atomic E-state index is 1.07. The standard InChI is InChI=1S/C14H19N/c1-2-3-4-7-11-15-12-10-13-8-5-6-9-14(13)15/h4-9H,2-3,10-12H2,1H3. The van der Waals surface area contributed by atoms with Crippen molar-refractivity contribution in [2.24, 2.45) is 0 Å². The van der Waals surface area contributed by atoms with Gasteiger partial charge in [0.1, 0.15) is 0 Å². The Morgan fingerprint density at radius 1 is 1.27 bits per heavy atom. The average molecular weight is 201 g/mol. The van der Waals surface area contributed by atoms with Crippen LogP contribution in [-0.4, -0.2) is 13.1 Å². The van der Waals surface area contributed by atoms with Crippen LogP contribution in [0.25, 0.3) is 0 Å². The van der Waals surface area contributed by atoms with Gasteiger partial charge in [-0.2, -0.15) is 0 Å². The summed E-state index contributed by atoms with van der Waals surface area (Å²) in [5.74, 6) is 0. The third-order valence-corrected chi connectivity index (χ3v) is 2.93. The molecule has 0 aliphatic carbocycles. The summed E-state index contributed by atoms with van der Waals surface area (Å²) >= 11 is 0. The summed E-state index contributed by atoms with van der Waals surface area (Å²) in [6.07, 6.45) is 8.24. The van der Waals surface area contributed by atoms with E-state index in [1.807, 2.05) is 0 Å². The summed E-state index contributed by atoms with van der Waals surface area (Å²) < 4.78 is 0. The molecule has 0 saturated carbocycles. The van der Waals surface area contributed by atoms with Crippen LogP contribution in [0.3, 0.4) is 0 Å². The molecule has 0 N–H and O–H groups in total. The van der Waals surface area contributed by atoms with Crippen LogP contribution in [-0.2, 0) is 6.42 Å². The molecule has 0 saturated heterocycles. The van der Waals surface area contributed by atoms with Gasteiger partial charge in [-0.1, -0.05) is 43.7 Å². The third kappa shape index (κ3) is 2.41. The fourth-order valence-corrected chi connectivity index (χ4v) is 2.08. The van der Waals surface area contributed by atoms with Crippen molar-refractivity contribution in [3.63, 3.8) is 0 Å². The Balaban J connectivity index is 1.96. The van der Waals surface area contributed by atoms with E-state index in [1.165, 1.54) is 37.1 Å². The molecule has 15 heavy (non-hydrogen) atoms. The molecule has 0 bridgehead atoms. The molecule has 1 heteroatoms. The third-order valence-electron chi connectivity index (χ3n) is 2.93. The minimum Gasteiger partial charge on any atom is -0.367 e. The van der Waals surface area contributed by atoms with Gasteiger partial charge in [-0.15, -0.1) is 0 Å². The smallest absolute Gasteiger partial charge is 0.0402 e. The fourth-order valence-electron chi connectivity index (χ4n) is 2.08. The molecule has 0 aromatic heterocycles. The van der Waals surface area contributed by atoms with Crippen molar-refractivity contribution >= 4 is 5.69 Å². The Labute approximate surface area is 92.4 Å². The van der Waals surface area contributed by atoms with Gasteiger partial charge in [0.15, 0.2) is 0 Å². The van der Waals surface area contributed by atoms with Crippen LogP contribution in [0, 0.1) is 0 Å². The first-order valence-electron chi connectivity index (χ1n) is 5.89. The zero-order valence-corrected chi connectivity index (χ0v) is 9.45. The SMILES string of the molecule is CCCC=CCN1CCc2ccccc21. The number of hydrogen-bond donors (Lipinski definition) is 0. The molecule has 2 rings (SSSR count). The molecule has 0 atom stereocenters.